The van der Waals surface area contributed by atoms with Crippen LogP contribution in [-0.2, 0) is 19.5 Å². The van der Waals surface area contributed by atoms with Gasteiger partial charge >= 0.3 is 5.69 Å². The van der Waals surface area contributed by atoms with E-state index in [-0.39, 0.29) is 11.6 Å². The highest BCUT2D eigenvalue weighted by molar-refractivity contribution is 5.94. The van der Waals surface area contributed by atoms with E-state index >= 15 is 0 Å². The lowest BCUT2D eigenvalue weighted by Crippen LogP contribution is -2.32. The molecule has 0 spiro atoms. The van der Waals surface area contributed by atoms with Crippen LogP contribution in [0.5, 0.6) is 0 Å². The Kier molecular flexibility index (Phi) is 5.75. The molecule has 30 heavy (non-hydrogen) atoms. The zero-order valence-corrected chi connectivity index (χ0v) is 16.9. The van der Waals surface area contributed by atoms with E-state index in [0.717, 1.165) is 17.5 Å². The highest BCUT2D eigenvalue weighted by Gasteiger charge is 2.14. The smallest absolute Gasteiger partial charge is 0.330 e. The molecule has 6 heteroatoms. The predicted octanol–water partition coefficient (Wildman–Crippen LogP) is 3.24. The number of pyridine rings is 1. The Labute approximate surface area is 174 Å². The minimum Gasteiger partial charge on any atom is -0.350 e. The standard InChI is InChI=1S/C24H24N4O2/c1-2-18-10-12-20(13-11-18)23(29)26-15-16-27-22-21(9-6-14-25-22)28(24(27)30)17-19-7-4-3-5-8-19/h3-14H,2,15-17H2,1H3,(H,26,29). The van der Waals surface area contributed by atoms with Gasteiger partial charge in [-0.05, 0) is 41.8 Å². The Bertz CT molecular complexity index is 1210. The first kappa shape index (κ1) is 19.6. The molecule has 0 radical (unpaired) electrons. The van der Waals surface area contributed by atoms with Gasteiger partial charge in [-0.2, -0.15) is 0 Å². The molecule has 2 heterocycles. The molecule has 0 unspecified atom stereocenters. The van der Waals surface area contributed by atoms with E-state index in [2.05, 4.69) is 17.2 Å². The number of hydrogen-bond acceptors (Lipinski definition) is 3. The van der Waals surface area contributed by atoms with Gasteiger partial charge in [-0.15, -0.1) is 0 Å². The van der Waals surface area contributed by atoms with Gasteiger partial charge in [-0.1, -0.05) is 49.4 Å². The van der Waals surface area contributed by atoms with Crippen LogP contribution < -0.4 is 11.0 Å². The largest absolute Gasteiger partial charge is 0.350 e. The Morgan fingerprint density at radius 1 is 0.933 bits per heavy atom. The molecule has 1 amide bonds. The van der Waals surface area contributed by atoms with Crippen molar-refractivity contribution >= 4 is 17.1 Å². The van der Waals surface area contributed by atoms with Crippen LogP contribution in [0.25, 0.3) is 11.2 Å². The van der Waals surface area contributed by atoms with Crippen LogP contribution in [0.3, 0.4) is 0 Å². The third kappa shape index (κ3) is 4.03. The number of aromatic nitrogens is 3. The average molecular weight is 400 g/mol. The molecule has 152 valence electrons. The topological polar surface area (TPSA) is 68.9 Å². The molecule has 4 rings (SSSR count). The van der Waals surface area contributed by atoms with Crippen LogP contribution >= 0.6 is 0 Å². The molecule has 0 saturated heterocycles. The third-order valence-corrected chi connectivity index (χ3v) is 5.20. The second-order valence-corrected chi connectivity index (χ2v) is 7.16. The lowest BCUT2D eigenvalue weighted by atomic mass is 10.1. The van der Waals surface area contributed by atoms with Crippen LogP contribution in [0.4, 0.5) is 0 Å². The lowest BCUT2D eigenvalue weighted by Gasteiger charge is -2.07. The van der Waals surface area contributed by atoms with E-state index in [0.29, 0.717) is 30.8 Å². The molecule has 2 aromatic heterocycles. The van der Waals surface area contributed by atoms with Crippen molar-refractivity contribution in [2.75, 3.05) is 6.54 Å². The minimum atomic E-state index is -0.147. The first-order chi connectivity index (χ1) is 14.7. The maximum Gasteiger partial charge on any atom is 0.330 e. The van der Waals surface area contributed by atoms with E-state index < -0.39 is 0 Å². The predicted molar refractivity (Wildman–Crippen MR) is 118 cm³/mol. The van der Waals surface area contributed by atoms with E-state index in [4.69, 9.17) is 0 Å². The van der Waals surface area contributed by atoms with Crippen molar-refractivity contribution < 1.29 is 4.79 Å². The van der Waals surface area contributed by atoms with E-state index in [1.165, 1.54) is 5.56 Å². The van der Waals surface area contributed by atoms with Gasteiger partial charge in [0, 0.05) is 24.8 Å². The fourth-order valence-corrected chi connectivity index (χ4v) is 3.54. The van der Waals surface area contributed by atoms with Crippen molar-refractivity contribution in [2.45, 2.75) is 26.4 Å². The first-order valence-electron chi connectivity index (χ1n) is 10.1. The molecule has 0 aliphatic carbocycles. The second-order valence-electron chi connectivity index (χ2n) is 7.16. The summed E-state index contributed by atoms with van der Waals surface area (Å²) >= 11 is 0. The SMILES string of the molecule is CCc1ccc(C(=O)NCCn2c(=O)n(Cc3ccccc3)c3cccnc32)cc1. The number of carbonyl (C=O) groups excluding carboxylic acids is 1. The van der Waals surface area contributed by atoms with Crippen LogP contribution in [0.15, 0.2) is 77.7 Å². The molecule has 0 fully saturated rings. The molecule has 2 aromatic carbocycles. The van der Waals surface area contributed by atoms with Gasteiger partial charge in [0.1, 0.15) is 0 Å². The molecular formula is C24H24N4O2. The zero-order chi connectivity index (χ0) is 20.9. The first-order valence-corrected chi connectivity index (χ1v) is 10.1. The summed E-state index contributed by atoms with van der Waals surface area (Å²) in [6, 6.07) is 21.2. The van der Waals surface area contributed by atoms with Crippen molar-refractivity contribution in [2.24, 2.45) is 0 Å². The van der Waals surface area contributed by atoms with Gasteiger partial charge in [-0.3, -0.25) is 13.9 Å². The summed E-state index contributed by atoms with van der Waals surface area (Å²) in [5.41, 5.74) is 4.13. The molecule has 0 aliphatic rings. The van der Waals surface area contributed by atoms with Gasteiger partial charge in [0.05, 0.1) is 12.1 Å². The van der Waals surface area contributed by atoms with Gasteiger partial charge in [0.15, 0.2) is 5.65 Å². The average Bonchev–Trinajstić information content (AvgIpc) is 3.06. The maximum atomic E-state index is 13.1. The van der Waals surface area contributed by atoms with Crippen molar-refractivity contribution in [3.05, 3.63) is 100 Å². The second kappa shape index (κ2) is 8.78. The summed E-state index contributed by atoms with van der Waals surface area (Å²) in [4.78, 5) is 29.9. The number of nitrogens with one attached hydrogen (secondary N) is 1. The van der Waals surface area contributed by atoms with Crippen molar-refractivity contribution in [1.29, 1.82) is 0 Å². The van der Waals surface area contributed by atoms with Crippen LogP contribution in [-0.4, -0.2) is 26.6 Å². The van der Waals surface area contributed by atoms with Gasteiger partial charge in [-0.25, -0.2) is 9.78 Å². The summed E-state index contributed by atoms with van der Waals surface area (Å²) in [5.74, 6) is -0.147. The number of aryl methyl sites for hydroxylation is 1. The van der Waals surface area contributed by atoms with Gasteiger partial charge in [0.2, 0.25) is 0 Å². The molecule has 4 aromatic rings. The fourth-order valence-electron chi connectivity index (χ4n) is 3.54. The van der Waals surface area contributed by atoms with Crippen LogP contribution in [0.1, 0.15) is 28.4 Å². The Hall–Kier alpha value is -3.67. The molecular weight excluding hydrogens is 376 g/mol. The molecule has 0 aliphatic heterocycles. The monoisotopic (exact) mass is 400 g/mol. The summed E-state index contributed by atoms with van der Waals surface area (Å²) in [6.45, 7) is 3.25. The highest BCUT2D eigenvalue weighted by Crippen LogP contribution is 2.12. The number of imidazole rings is 1. The van der Waals surface area contributed by atoms with E-state index in [1.807, 2.05) is 66.7 Å². The number of nitrogens with zero attached hydrogens (tertiary/aromatic N) is 3. The molecule has 0 bridgehead atoms. The van der Waals surface area contributed by atoms with Crippen molar-refractivity contribution in [3.63, 3.8) is 0 Å². The van der Waals surface area contributed by atoms with E-state index in [1.54, 1.807) is 15.3 Å². The number of hydrogen-bond donors (Lipinski definition) is 1. The Balaban J connectivity index is 1.52. The van der Waals surface area contributed by atoms with Gasteiger partial charge < -0.3 is 5.32 Å². The molecule has 1 N–H and O–H groups in total. The highest BCUT2D eigenvalue weighted by atomic mass is 16.2. The fraction of sp³-hybridized carbons (Fsp3) is 0.208. The number of carbonyl (C=O) groups is 1. The van der Waals surface area contributed by atoms with Gasteiger partial charge in [0.25, 0.3) is 5.91 Å². The summed E-state index contributed by atoms with van der Waals surface area (Å²) in [7, 11) is 0. The van der Waals surface area contributed by atoms with E-state index in [9.17, 15) is 9.59 Å². The van der Waals surface area contributed by atoms with Crippen molar-refractivity contribution in [1.82, 2.24) is 19.4 Å². The summed E-state index contributed by atoms with van der Waals surface area (Å²) < 4.78 is 3.35. The number of fused-ring (bicyclic) bond motifs is 1. The number of amides is 1. The zero-order valence-electron chi connectivity index (χ0n) is 16.9. The van der Waals surface area contributed by atoms with Crippen molar-refractivity contribution in [3.8, 4) is 0 Å². The molecule has 6 nitrogen and oxygen atoms in total. The molecule has 0 atom stereocenters. The minimum absolute atomic E-state index is 0.130. The lowest BCUT2D eigenvalue weighted by molar-refractivity contribution is 0.0952. The Morgan fingerprint density at radius 2 is 1.70 bits per heavy atom. The Morgan fingerprint density at radius 3 is 2.43 bits per heavy atom. The maximum absolute atomic E-state index is 13.1. The number of benzene rings is 2. The normalized spacial score (nSPS) is 11.0. The molecule has 0 saturated carbocycles. The van der Waals surface area contributed by atoms with Crippen LogP contribution in [0.2, 0.25) is 0 Å². The number of rotatable bonds is 7. The summed E-state index contributed by atoms with van der Waals surface area (Å²) in [6.07, 6.45) is 2.61. The van der Waals surface area contributed by atoms with Crippen LogP contribution in [0, 0.1) is 0 Å². The summed E-state index contributed by atoms with van der Waals surface area (Å²) in [5, 5.41) is 2.90. The third-order valence-electron chi connectivity index (χ3n) is 5.20. The quantitative estimate of drug-likeness (QED) is 0.518.